The number of carbonyl (C=O) groups is 1. The van der Waals surface area contributed by atoms with Crippen molar-refractivity contribution in [1.29, 1.82) is 5.26 Å². The summed E-state index contributed by atoms with van der Waals surface area (Å²) in [5.41, 5.74) is 0. The summed E-state index contributed by atoms with van der Waals surface area (Å²) in [5.74, 6) is -1.22. The van der Waals surface area contributed by atoms with Crippen LogP contribution in [0, 0.1) is 17.2 Å². The molecule has 0 aliphatic rings. The Morgan fingerprint density at radius 3 is 2.40 bits per heavy atom. The van der Waals surface area contributed by atoms with E-state index in [2.05, 4.69) is 0 Å². The number of carboxylic acids is 1. The van der Waals surface area contributed by atoms with Crippen LogP contribution in [-0.4, -0.2) is 11.1 Å². The number of aliphatic carboxylic acids is 1. The quantitative estimate of drug-likeness (QED) is 0.621. The zero-order valence-electron chi connectivity index (χ0n) is 6.00. The number of nitriles is 1. The third kappa shape index (κ3) is 5.06. The van der Waals surface area contributed by atoms with Crippen LogP contribution in [0.15, 0.2) is 0 Å². The van der Waals surface area contributed by atoms with E-state index in [9.17, 15) is 4.79 Å². The van der Waals surface area contributed by atoms with E-state index in [0.717, 1.165) is 0 Å². The Hall–Kier alpha value is -1.08. The fourth-order valence-electron chi connectivity index (χ4n) is 0.492. The van der Waals surface area contributed by atoms with Gasteiger partial charge >= 0.3 is 5.97 Å². The summed E-state index contributed by atoms with van der Waals surface area (Å²) in [5, 5.41) is 16.5. The Kier molecular flexibility index (Phi) is 7.06. The molecule has 4 N–H and O–H groups in total. The molecule has 0 spiro atoms. The van der Waals surface area contributed by atoms with Gasteiger partial charge in [0, 0.05) is 0 Å². The van der Waals surface area contributed by atoms with Crippen LogP contribution in [0.3, 0.4) is 0 Å². The Morgan fingerprint density at radius 2 is 2.30 bits per heavy atom. The summed E-state index contributed by atoms with van der Waals surface area (Å²) in [7, 11) is 0. The monoisotopic (exact) mass is 144 g/mol. The molecule has 10 heavy (non-hydrogen) atoms. The Labute approximate surface area is 60.0 Å². The van der Waals surface area contributed by atoms with Crippen LogP contribution >= 0.6 is 0 Å². The molecule has 58 valence electrons. The first-order chi connectivity index (χ1) is 4.20. The van der Waals surface area contributed by atoms with Crippen molar-refractivity contribution in [3.05, 3.63) is 0 Å². The number of carboxylic acid groups (broad SMARTS) is 1. The molecule has 0 saturated carbocycles. The second-order valence-electron chi connectivity index (χ2n) is 1.83. The summed E-state index contributed by atoms with van der Waals surface area (Å²) in [6.07, 6.45) is 0.579. The first kappa shape index (κ1) is 11.7. The minimum absolute atomic E-state index is 0. The molecule has 0 aromatic rings. The van der Waals surface area contributed by atoms with Crippen molar-refractivity contribution in [2.24, 2.45) is 5.92 Å². The molecule has 0 aliphatic heterocycles. The number of hydrogen-bond donors (Lipinski definition) is 2. The van der Waals surface area contributed by atoms with E-state index in [1.165, 1.54) is 0 Å². The molecule has 1 unspecified atom stereocenters. The van der Waals surface area contributed by atoms with Gasteiger partial charge in [0.1, 0.15) is 0 Å². The highest BCUT2D eigenvalue weighted by atomic mass is 16.4. The Morgan fingerprint density at radius 1 is 1.80 bits per heavy atom. The molecule has 0 aromatic carbocycles. The van der Waals surface area contributed by atoms with Gasteiger partial charge in [-0.1, -0.05) is 6.92 Å². The lowest BCUT2D eigenvalue weighted by Gasteiger charge is -1.97. The SMILES string of the molecule is CCC(C#N)CC(=O)O.N. The summed E-state index contributed by atoms with van der Waals surface area (Å²) in [4.78, 5) is 9.98. The maximum atomic E-state index is 9.98. The normalized spacial score (nSPS) is 10.8. The van der Waals surface area contributed by atoms with E-state index in [4.69, 9.17) is 10.4 Å². The van der Waals surface area contributed by atoms with Crippen molar-refractivity contribution in [3.63, 3.8) is 0 Å². The van der Waals surface area contributed by atoms with E-state index in [1.54, 1.807) is 6.92 Å². The maximum Gasteiger partial charge on any atom is 0.304 e. The predicted octanol–water partition coefficient (Wildman–Crippen LogP) is 1.17. The smallest absolute Gasteiger partial charge is 0.304 e. The number of rotatable bonds is 3. The van der Waals surface area contributed by atoms with E-state index >= 15 is 0 Å². The van der Waals surface area contributed by atoms with Gasteiger partial charge in [-0.15, -0.1) is 0 Å². The van der Waals surface area contributed by atoms with E-state index in [0.29, 0.717) is 6.42 Å². The van der Waals surface area contributed by atoms with Gasteiger partial charge < -0.3 is 11.3 Å². The number of nitrogens with zero attached hydrogens (tertiary/aromatic N) is 1. The lowest BCUT2D eigenvalue weighted by Crippen LogP contribution is -2.03. The van der Waals surface area contributed by atoms with E-state index in [-0.39, 0.29) is 18.5 Å². The van der Waals surface area contributed by atoms with Crippen molar-refractivity contribution in [1.82, 2.24) is 6.15 Å². The zero-order valence-corrected chi connectivity index (χ0v) is 6.00. The molecule has 4 nitrogen and oxygen atoms in total. The lowest BCUT2D eigenvalue weighted by atomic mass is 10.1. The average Bonchev–Trinajstić information content (AvgIpc) is 1.82. The Balaban J connectivity index is 0. The van der Waals surface area contributed by atoms with Gasteiger partial charge in [-0.2, -0.15) is 5.26 Å². The largest absolute Gasteiger partial charge is 0.481 e. The predicted molar refractivity (Wildman–Crippen MR) is 36.7 cm³/mol. The lowest BCUT2D eigenvalue weighted by molar-refractivity contribution is -0.137. The third-order valence-electron chi connectivity index (χ3n) is 1.10. The molecule has 0 saturated heterocycles. The second kappa shape index (κ2) is 6.05. The van der Waals surface area contributed by atoms with Gasteiger partial charge in [0.2, 0.25) is 0 Å². The van der Waals surface area contributed by atoms with Crippen LogP contribution in [0.5, 0.6) is 0 Å². The first-order valence-electron chi connectivity index (χ1n) is 2.82. The average molecular weight is 144 g/mol. The molecule has 0 aliphatic carbocycles. The van der Waals surface area contributed by atoms with Gasteiger partial charge in [0.05, 0.1) is 18.4 Å². The standard InChI is InChI=1S/C6H9NO2.H3N/c1-2-5(4-7)3-6(8)9;/h5H,2-3H2,1H3,(H,8,9);1H3. The highest BCUT2D eigenvalue weighted by Crippen LogP contribution is 2.04. The van der Waals surface area contributed by atoms with Crippen LogP contribution < -0.4 is 6.15 Å². The molecule has 0 aromatic heterocycles. The summed E-state index contributed by atoms with van der Waals surface area (Å²) >= 11 is 0. The van der Waals surface area contributed by atoms with Gasteiger partial charge in [-0.05, 0) is 6.42 Å². The number of hydrogen-bond acceptors (Lipinski definition) is 3. The van der Waals surface area contributed by atoms with E-state index < -0.39 is 5.97 Å². The molecule has 0 amide bonds. The van der Waals surface area contributed by atoms with Crippen LogP contribution in [0.1, 0.15) is 19.8 Å². The highest BCUT2D eigenvalue weighted by Gasteiger charge is 2.08. The van der Waals surface area contributed by atoms with Gasteiger partial charge in [-0.3, -0.25) is 4.79 Å². The van der Waals surface area contributed by atoms with Crippen LogP contribution in [0.2, 0.25) is 0 Å². The fourth-order valence-corrected chi connectivity index (χ4v) is 0.492. The van der Waals surface area contributed by atoms with Crippen molar-refractivity contribution in [3.8, 4) is 6.07 Å². The molecule has 4 heteroatoms. The molecule has 0 bridgehead atoms. The summed E-state index contributed by atoms with van der Waals surface area (Å²) in [6, 6.07) is 1.90. The molecule has 1 atom stereocenters. The van der Waals surface area contributed by atoms with Crippen molar-refractivity contribution in [2.75, 3.05) is 0 Å². The first-order valence-corrected chi connectivity index (χ1v) is 2.82. The molecular weight excluding hydrogens is 132 g/mol. The van der Waals surface area contributed by atoms with Gasteiger partial charge in [0.25, 0.3) is 0 Å². The summed E-state index contributed by atoms with van der Waals surface area (Å²) in [6.45, 7) is 1.80. The highest BCUT2D eigenvalue weighted by molar-refractivity contribution is 5.67. The molecule has 0 fully saturated rings. The minimum atomic E-state index is -0.900. The zero-order chi connectivity index (χ0) is 7.28. The van der Waals surface area contributed by atoms with Crippen LogP contribution in [0.4, 0.5) is 0 Å². The van der Waals surface area contributed by atoms with Crippen molar-refractivity contribution in [2.45, 2.75) is 19.8 Å². The van der Waals surface area contributed by atoms with Gasteiger partial charge in [-0.25, -0.2) is 0 Å². The second-order valence-corrected chi connectivity index (χ2v) is 1.83. The molecular formula is C6H12N2O2. The van der Waals surface area contributed by atoms with Crippen LogP contribution in [0.25, 0.3) is 0 Å². The third-order valence-corrected chi connectivity index (χ3v) is 1.10. The molecule has 0 radical (unpaired) electrons. The maximum absolute atomic E-state index is 9.98. The summed E-state index contributed by atoms with van der Waals surface area (Å²) < 4.78 is 0. The van der Waals surface area contributed by atoms with E-state index in [1.807, 2.05) is 6.07 Å². The Bertz CT molecular complexity index is 139. The molecule has 0 heterocycles. The fraction of sp³-hybridized carbons (Fsp3) is 0.667. The van der Waals surface area contributed by atoms with Crippen molar-refractivity contribution < 1.29 is 9.90 Å². The van der Waals surface area contributed by atoms with Gasteiger partial charge in [0.15, 0.2) is 0 Å². The van der Waals surface area contributed by atoms with Crippen molar-refractivity contribution >= 4 is 5.97 Å². The molecule has 0 rings (SSSR count). The minimum Gasteiger partial charge on any atom is -0.481 e. The van der Waals surface area contributed by atoms with Crippen LogP contribution in [-0.2, 0) is 4.79 Å². The topological polar surface area (TPSA) is 96.1 Å².